The first-order chi connectivity index (χ1) is 8.60. The highest BCUT2D eigenvalue weighted by atomic mass is 16.5. The quantitative estimate of drug-likeness (QED) is 0.811. The topological polar surface area (TPSA) is 68.5 Å². The third-order valence-electron chi connectivity index (χ3n) is 2.76. The van der Waals surface area contributed by atoms with Gasteiger partial charge in [-0.2, -0.15) is 0 Å². The molecule has 0 aromatic carbocycles. The Morgan fingerprint density at radius 2 is 2.28 bits per heavy atom. The lowest BCUT2D eigenvalue weighted by atomic mass is 10.2. The molecule has 2 N–H and O–H groups in total. The van der Waals surface area contributed by atoms with Crippen LogP contribution < -0.4 is 5.73 Å². The first-order valence-electron chi connectivity index (χ1n) is 6.02. The van der Waals surface area contributed by atoms with Crippen molar-refractivity contribution in [3.05, 3.63) is 30.1 Å². The first-order valence-corrected chi connectivity index (χ1v) is 6.02. The normalized spacial score (nSPS) is 12.5. The predicted octanol–water partition coefficient (Wildman–Crippen LogP) is 0.792. The average molecular weight is 251 g/mol. The van der Waals surface area contributed by atoms with Crippen molar-refractivity contribution >= 4 is 5.91 Å². The van der Waals surface area contributed by atoms with Crippen molar-refractivity contribution in [1.29, 1.82) is 0 Å². The van der Waals surface area contributed by atoms with Crippen LogP contribution in [0.15, 0.2) is 24.5 Å². The summed E-state index contributed by atoms with van der Waals surface area (Å²) in [6.45, 7) is 4.64. The summed E-state index contributed by atoms with van der Waals surface area (Å²) in [5, 5.41) is 0. The molecule has 5 heteroatoms. The molecule has 0 saturated carbocycles. The van der Waals surface area contributed by atoms with Gasteiger partial charge in [0.25, 0.3) is 5.91 Å². The Balaban J connectivity index is 2.80. The summed E-state index contributed by atoms with van der Waals surface area (Å²) in [6.07, 6.45) is 2.89. The molecule has 0 aliphatic heterocycles. The van der Waals surface area contributed by atoms with E-state index in [4.69, 9.17) is 10.5 Å². The van der Waals surface area contributed by atoms with Gasteiger partial charge in [0.2, 0.25) is 0 Å². The van der Waals surface area contributed by atoms with Crippen molar-refractivity contribution < 1.29 is 9.53 Å². The number of rotatable bonds is 6. The van der Waals surface area contributed by atoms with Crippen LogP contribution in [0.25, 0.3) is 0 Å². The molecule has 0 aliphatic carbocycles. The van der Waals surface area contributed by atoms with Gasteiger partial charge >= 0.3 is 0 Å². The van der Waals surface area contributed by atoms with E-state index in [1.165, 1.54) is 7.11 Å². The third-order valence-corrected chi connectivity index (χ3v) is 2.76. The van der Waals surface area contributed by atoms with Crippen LogP contribution in [0.4, 0.5) is 0 Å². The van der Waals surface area contributed by atoms with E-state index in [0.29, 0.717) is 6.54 Å². The minimum Gasteiger partial charge on any atom is -0.370 e. The highest BCUT2D eigenvalue weighted by Crippen LogP contribution is 2.10. The molecule has 0 radical (unpaired) electrons. The number of carbonyl (C=O) groups excluding carboxylic acids is 1. The van der Waals surface area contributed by atoms with E-state index >= 15 is 0 Å². The maximum absolute atomic E-state index is 12.3. The second-order valence-electron chi connectivity index (χ2n) is 4.38. The maximum Gasteiger partial charge on any atom is 0.253 e. The van der Waals surface area contributed by atoms with Gasteiger partial charge in [0.1, 0.15) is 6.10 Å². The fourth-order valence-electron chi connectivity index (χ4n) is 1.69. The molecule has 18 heavy (non-hydrogen) atoms. The van der Waals surface area contributed by atoms with Crippen LogP contribution in [0, 0.1) is 0 Å². The molecule has 0 bridgehead atoms. The van der Waals surface area contributed by atoms with Gasteiger partial charge in [-0.1, -0.05) is 6.07 Å². The van der Waals surface area contributed by atoms with Crippen LogP contribution in [0.3, 0.4) is 0 Å². The summed E-state index contributed by atoms with van der Waals surface area (Å²) in [5.74, 6) is -0.0844. The van der Waals surface area contributed by atoms with Gasteiger partial charge in [0.05, 0.1) is 0 Å². The van der Waals surface area contributed by atoms with Crippen LogP contribution in [0.5, 0.6) is 0 Å². The largest absolute Gasteiger partial charge is 0.370 e. The third kappa shape index (κ3) is 3.78. The number of nitrogens with two attached hydrogens (primary N) is 1. The highest BCUT2D eigenvalue weighted by molar-refractivity contribution is 5.81. The lowest BCUT2D eigenvalue weighted by Crippen LogP contribution is -2.46. The molecule has 5 nitrogen and oxygen atoms in total. The van der Waals surface area contributed by atoms with E-state index in [9.17, 15) is 4.79 Å². The zero-order chi connectivity index (χ0) is 13.5. The van der Waals surface area contributed by atoms with Crippen LogP contribution in [0.1, 0.15) is 19.4 Å². The lowest BCUT2D eigenvalue weighted by Gasteiger charge is -2.29. The number of amides is 1. The molecule has 100 valence electrons. The van der Waals surface area contributed by atoms with Gasteiger partial charge in [-0.3, -0.25) is 9.78 Å². The highest BCUT2D eigenvalue weighted by Gasteiger charge is 2.25. The van der Waals surface area contributed by atoms with E-state index in [1.807, 2.05) is 26.0 Å². The van der Waals surface area contributed by atoms with Crippen molar-refractivity contribution in [3.63, 3.8) is 0 Å². The molecule has 1 amide bonds. The smallest absolute Gasteiger partial charge is 0.253 e. The minimum absolute atomic E-state index is 0.0844. The predicted molar refractivity (Wildman–Crippen MR) is 69.8 cm³/mol. The van der Waals surface area contributed by atoms with Gasteiger partial charge in [0.15, 0.2) is 0 Å². The van der Waals surface area contributed by atoms with Gasteiger partial charge in [0, 0.05) is 38.6 Å². The van der Waals surface area contributed by atoms with E-state index in [2.05, 4.69) is 4.98 Å². The van der Waals surface area contributed by atoms with Gasteiger partial charge < -0.3 is 15.4 Å². The van der Waals surface area contributed by atoms with Crippen molar-refractivity contribution in [2.75, 3.05) is 13.7 Å². The van der Waals surface area contributed by atoms with Crippen molar-refractivity contribution in [1.82, 2.24) is 9.88 Å². The number of nitrogens with zero attached hydrogens (tertiary/aromatic N) is 2. The number of ether oxygens (including phenoxy) is 1. The molecule has 0 saturated heterocycles. The van der Waals surface area contributed by atoms with Gasteiger partial charge in [-0.15, -0.1) is 0 Å². The molecular formula is C13H21N3O2. The van der Waals surface area contributed by atoms with Crippen LogP contribution in [-0.2, 0) is 16.1 Å². The molecule has 0 fully saturated rings. The molecule has 0 spiro atoms. The zero-order valence-corrected chi connectivity index (χ0v) is 11.2. The standard InChI is InChI=1S/C13H21N3O2/c1-10(2)16(13(17)12(7-14)18-3)9-11-5-4-6-15-8-11/h4-6,8,10,12H,7,9,14H2,1-3H3. The lowest BCUT2D eigenvalue weighted by molar-refractivity contribution is -0.143. The van der Waals surface area contributed by atoms with E-state index < -0.39 is 6.10 Å². The van der Waals surface area contributed by atoms with Crippen LogP contribution in [-0.4, -0.2) is 41.6 Å². The molecule has 1 aromatic heterocycles. The number of hydrogen-bond acceptors (Lipinski definition) is 4. The summed E-state index contributed by atoms with van der Waals surface area (Å²) in [6, 6.07) is 3.89. The fourth-order valence-corrected chi connectivity index (χ4v) is 1.69. The number of hydrogen-bond donors (Lipinski definition) is 1. The van der Waals surface area contributed by atoms with Gasteiger partial charge in [-0.25, -0.2) is 0 Å². The second-order valence-corrected chi connectivity index (χ2v) is 4.38. The Labute approximate surface area is 108 Å². The van der Waals surface area contributed by atoms with Gasteiger partial charge in [-0.05, 0) is 25.5 Å². The number of pyridine rings is 1. The van der Waals surface area contributed by atoms with Crippen molar-refractivity contribution in [2.24, 2.45) is 5.73 Å². The molecule has 1 rings (SSSR count). The molecule has 1 atom stereocenters. The van der Waals surface area contributed by atoms with Crippen LogP contribution >= 0.6 is 0 Å². The number of aromatic nitrogens is 1. The number of carbonyl (C=O) groups is 1. The zero-order valence-electron chi connectivity index (χ0n) is 11.2. The number of methoxy groups -OCH3 is 1. The molecule has 1 unspecified atom stereocenters. The summed E-state index contributed by atoms with van der Waals surface area (Å²) in [4.78, 5) is 18.0. The second kappa shape index (κ2) is 7.08. The van der Waals surface area contributed by atoms with Crippen LogP contribution in [0.2, 0.25) is 0 Å². The SMILES string of the molecule is COC(CN)C(=O)N(Cc1cccnc1)C(C)C. The van der Waals surface area contributed by atoms with Crippen molar-refractivity contribution in [3.8, 4) is 0 Å². The minimum atomic E-state index is -0.580. The summed E-state index contributed by atoms with van der Waals surface area (Å²) in [7, 11) is 1.50. The fraction of sp³-hybridized carbons (Fsp3) is 0.538. The summed E-state index contributed by atoms with van der Waals surface area (Å²) in [5.41, 5.74) is 6.52. The monoisotopic (exact) mass is 251 g/mol. The Morgan fingerprint density at radius 3 is 2.72 bits per heavy atom. The Morgan fingerprint density at radius 1 is 1.56 bits per heavy atom. The Hall–Kier alpha value is -1.46. The molecular weight excluding hydrogens is 230 g/mol. The molecule has 1 heterocycles. The molecule has 1 aromatic rings. The Bertz CT molecular complexity index is 364. The Kier molecular flexibility index (Phi) is 5.74. The maximum atomic E-state index is 12.3. The van der Waals surface area contributed by atoms with E-state index in [-0.39, 0.29) is 18.5 Å². The first kappa shape index (κ1) is 14.6. The summed E-state index contributed by atoms with van der Waals surface area (Å²) >= 11 is 0. The summed E-state index contributed by atoms with van der Waals surface area (Å²) < 4.78 is 5.10. The van der Waals surface area contributed by atoms with Crippen molar-refractivity contribution in [2.45, 2.75) is 32.5 Å². The average Bonchev–Trinajstić information content (AvgIpc) is 2.38. The molecule has 0 aliphatic rings. The van der Waals surface area contributed by atoms with E-state index in [0.717, 1.165) is 5.56 Å². The van der Waals surface area contributed by atoms with E-state index in [1.54, 1.807) is 17.3 Å².